The molecule has 0 bridgehead atoms. The Labute approximate surface area is 126 Å². The molecule has 1 aromatic rings. The van der Waals surface area contributed by atoms with Crippen molar-refractivity contribution in [2.24, 2.45) is 4.99 Å². The summed E-state index contributed by atoms with van der Waals surface area (Å²) in [6, 6.07) is 3.03. The van der Waals surface area contributed by atoms with Gasteiger partial charge in [0, 0.05) is 39.5 Å². The number of aliphatic imine (C=N–C) groups is 1. The summed E-state index contributed by atoms with van der Waals surface area (Å²) in [5.41, 5.74) is 0.786. The van der Waals surface area contributed by atoms with Crippen LogP contribution in [0.15, 0.2) is 23.3 Å². The maximum Gasteiger partial charge on any atom is 0.422 e. The van der Waals surface area contributed by atoms with Crippen LogP contribution < -0.4 is 15.4 Å². The molecular weight excluding hydrogens is 301 g/mol. The van der Waals surface area contributed by atoms with Crippen molar-refractivity contribution < 1.29 is 22.6 Å². The maximum atomic E-state index is 12.0. The Balaban J connectivity index is 2.40. The van der Waals surface area contributed by atoms with Crippen LogP contribution in [0.1, 0.15) is 5.56 Å². The second kappa shape index (κ2) is 9.08. The summed E-state index contributed by atoms with van der Waals surface area (Å²) >= 11 is 0. The maximum absolute atomic E-state index is 12.0. The first-order valence-corrected chi connectivity index (χ1v) is 6.52. The predicted octanol–water partition coefficient (Wildman–Crippen LogP) is 1.33. The molecule has 0 aromatic carbocycles. The SMILES string of the molecule is CN=C(NCCOC)NCc1ccc(OCC(F)(F)F)nc1. The lowest BCUT2D eigenvalue weighted by Gasteiger charge is -2.12. The van der Waals surface area contributed by atoms with Crippen molar-refractivity contribution in [3.05, 3.63) is 23.9 Å². The number of aromatic nitrogens is 1. The van der Waals surface area contributed by atoms with E-state index in [1.54, 1.807) is 20.2 Å². The highest BCUT2D eigenvalue weighted by Crippen LogP contribution is 2.16. The van der Waals surface area contributed by atoms with Crippen LogP contribution in [0.25, 0.3) is 0 Å². The Morgan fingerprint density at radius 2 is 2.09 bits per heavy atom. The lowest BCUT2D eigenvalue weighted by Crippen LogP contribution is -2.38. The van der Waals surface area contributed by atoms with Crippen LogP contribution in [0.2, 0.25) is 0 Å². The highest BCUT2D eigenvalue weighted by Gasteiger charge is 2.28. The van der Waals surface area contributed by atoms with Crippen LogP contribution >= 0.6 is 0 Å². The number of alkyl halides is 3. The van der Waals surface area contributed by atoms with Gasteiger partial charge in [-0.25, -0.2) is 4.98 Å². The van der Waals surface area contributed by atoms with Crippen molar-refractivity contribution in [2.45, 2.75) is 12.7 Å². The van der Waals surface area contributed by atoms with Crippen molar-refractivity contribution in [1.29, 1.82) is 0 Å². The van der Waals surface area contributed by atoms with Gasteiger partial charge in [0.2, 0.25) is 5.88 Å². The fraction of sp³-hybridized carbons (Fsp3) is 0.538. The van der Waals surface area contributed by atoms with Gasteiger partial charge in [-0.3, -0.25) is 4.99 Å². The fourth-order valence-electron chi connectivity index (χ4n) is 1.43. The number of rotatable bonds is 7. The van der Waals surface area contributed by atoms with E-state index >= 15 is 0 Å². The first kappa shape index (κ1) is 18.0. The standard InChI is InChI=1S/C13H19F3N4O2/c1-17-12(18-5-6-21-2)20-8-10-3-4-11(19-7-10)22-9-13(14,15)16/h3-4,7H,5-6,8-9H2,1-2H3,(H2,17,18,20). The summed E-state index contributed by atoms with van der Waals surface area (Å²) < 4.78 is 45.5. The van der Waals surface area contributed by atoms with Gasteiger partial charge in [0.15, 0.2) is 12.6 Å². The molecule has 6 nitrogen and oxygen atoms in total. The van der Waals surface area contributed by atoms with Gasteiger partial charge < -0.3 is 20.1 Å². The number of nitrogens with zero attached hydrogens (tertiary/aromatic N) is 2. The van der Waals surface area contributed by atoms with Crippen molar-refractivity contribution >= 4 is 5.96 Å². The molecule has 0 unspecified atom stereocenters. The molecule has 0 spiro atoms. The normalized spacial score (nSPS) is 12.1. The van der Waals surface area contributed by atoms with Crippen molar-refractivity contribution in [1.82, 2.24) is 15.6 Å². The topological polar surface area (TPSA) is 67.8 Å². The largest absolute Gasteiger partial charge is 0.468 e. The Hall–Kier alpha value is -2.03. The van der Waals surface area contributed by atoms with E-state index < -0.39 is 12.8 Å². The molecule has 1 aromatic heterocycles. The van der Waals surface area contributed by atoms with Crippen molar-refractivity contribution in [3.8, 4) is 5.88 Å². The van der Waals surface area contributed by atoms with E-state index in [2.05, 4.69) is 25.3 Å². The molecule has 9 heteroatoms. The quantitative estimate of drug-likeness (QED) is 0.451. The molecule has 0 aliphatic rings. The van der Waals surface area contributed by atoms with E-state index in [0.717, 1.165) is 5.56 Å². The summed E-state index contributed by atoms with van der Waals surface area (Å²) in [6.45, 7) is 0.235. The summed E-state index contributed by atoms with van der Waals surface area (Å²) in [5, 5.41) is 6.08. The summed E-state index contributed by atoms with van der Waals surface area (Å²) in [4.78, 5) is 7.84. The number of ether oxygens (including phenoxy) is 2. The minimum atomic E-state index is -4.37. The Bertz CT molecular complexity index is 463. The lowest BCUT2D eigenvalue weighted by atomic mass is 10.3. The number of halogens is 3. The number of hydrogen-bond acceptors (Lipinski definition) is 4. The van der Waals surface area contributed by atoms with E-state index in [1.807, 2.05) is 0 Å². The zero-order valence-electron chi connectivity index (χ0n) is 12.4. The van der Waals surface area contributed by atoms with Gasteiger partial charge >= 0.3 is 6.18 Å². The summed E-state index contributed by atoms with van der Waals surface area (Å²) in [6.07, 6.45) is -2.93. The van der Waals surface area contributed by atoms with Crippen LogP contribution in [-0.2, 0) is 11.3 Å². The number of guanidine groups is 1. The van der Waals surface area contributed by atoms with Gasteiger partial charge in [-0.05, 0) is 5.56 Å². The van der Waals surface area contributed by atoms with E-state index in [0.29, 0.717) is 25.7 Å². The average Bonchev–Trinajstić information content (AvgIpc) is 2.49. The minimum Gasteiger partial charge on any atom is -0.468 e. The molecule has 2 N–H and O–H groups in total. The molecule has 1 heterocycles. The van der Waals surface area contributed by atoms with Gasteiger partial charge in [0.1, 0.15) is 0 Å². The van der Waals surface area contributed by atoms with Gasteiger partial charge in [0.25, 0.3) is 0 Å². The Morgan fingerprint density at radius 3 is 2.64 bits per heavy atom. The zero-order chi connectivity index (χ0) is 16.4. The Kier molecular flexibility index (Phi) is 7.44. The molecular formula is C13H19F3N4O2. The van der Waals surface area contributed by atoms with Gasteiger partial charge in [-0.15, -0.1) is 0 Å². The second-order valence-corrected chi connectivity index (χ2v) is 4.25. The number of hydrogen-bond donors (Lipinski definition) is 2. The average molecular weight is 320 g/mol. The summed E-state index contributed by atoms with van der Waals surface area (Å²) in [7, 11) is 3.24. The molecule has 0 saturated heterocycles. The van der Waals surface area contributed by atoms with Crippen LogP contribution in [0, 0.1) is 0 Å². The molecule has 0 radical (unpaired) electrons. The van der Waals surface area contributed by atoms with Crippen LogP contribution in [0.4, 0.5) is 13.2 Å². The van der Waals surface area contributed by atoms with Crippen molar-refractivity contribution in [2.75, 3.05) is 33.9 Å². The van der Waals surface area contributed by atoms with E-state index in [4.69, 9.17) is 4.74 Å². The third-order valence-electron chi connectivity index (χ3n) is 2.46. The fourth-order valence-corrected chi connectivity index (χ4v) is 1.43. The van der Waals surface area contributed by atoms with Crippen LogP contribution in [0.3, 0.4) is 0 Å². The molecule has 1 rings (SSSR count). The minimum absolute atomic E-state index is 0.0660. The van der Waals surface area contributed by atoms with E-state index in [-0.39, 0.29) is 5.88 Å². The molecule has 0 aliphatic carbocycles. The first-order chi connectivity index (χ1) is 10.4. The summed E-state index contributed by atoms with van der Waals surface area (Å²) in [5.74, 6) is 0.526. The highest BCUT2D eigenvalue weighted by atomic mass is 19.4. The molecule has 22 heavy (non-hydrogen) atoms. The molecule has 0 atom stereocenters. The van der Waals surface area contributed by atoms with Gasteiger partial charge in [-0.2, -0.15) is 13.2 Å². The van der Waals surface area contributed by atoms with Gasteiger partial charge in [-0.1, -0.05) is 6.07 Å². The third-order valence-corrected chi connectivity index (χ3v) is 2.46. The lowest BCUT2D eigenvalue weighted by molar-refractivity contribution is -0.154. The van der Waals surface area contributed by atoms with Crippen LogP contribution in [0.5, 0.6) is 5.88 Å². The molecule has 124 valence electrons. The van der Waals surface area contributed by atoms with Crippen molar-refractivity contribution in [3.63, 3.8) is 0 Å². The molecule has 0 fully saturated rings. The first-order valence-electron chi connectivity index (χ1n) is 6.52. The van der Waals surface area contributed by atoms with E-state index in [9.17, 15) is 13.2 Å². The molecule has 0 amide bonds. The third kappa shape index (κ3) is 7.67. The van der Waals surface area contributed by atoms with Crippen LogP contribution in [-0.4, -0.2) is 51.0 Å². The van der Waals surface area contributed by atoms with E-state index in [1.165, 1.54) is 12.3 Å². The zero-order valence-corrected chi connectivity index (χ0v) is 12.4. The highest BCUT2D eigenvalue weighted by molar-refractivity contribution is 5.79. The smallest absolute Gasteiger partial charge is 0.422 e. The monoisotopic (exact) mass is 320 g/mol. The number of nitrogens with one attached hydrogen (secondary N) is 2. The molecule has 0 aliphatic heterocycles. The number of pyridine rings is 1. The van der Waals surface area contributed by atoms with Gasteiger partial charge in [0.05, 0.1) is 6.61 Å². The predicted molar refractivity (Wildman–Crippen MR) is 75.9 cm³/mol. The number of methoxy groups -OCH3 is 1. The Morgan fingerprint density at radius 1 is 1.32 bits per heavy atom. The molecule has 0 saturated carbocycles. The second-order valence-electron chi connectivity index (χ2n) is 4.25.